The molecule has 0 spiro atoms. The van der Waals surface area contributed by atoms with Gasteiger partial charge in [0.15, 0.2) is 11.6 Å². The van der Waals surface area contributed by atoms with Crippen molar-refractivity contribution in [3.8, 4) is 11.4 Å². The molecule has 5 heteroatoms. The average molecular weight is 230 g/mol. The summed E-state index contributed by atoms with van der Waals surface area (Å²) in [5, 5.41) is 0. The van der Waals surface area contributed by atoms with E-state index < -0.39 is 0 Å². The summed E-state index contributed by atoms with van der Waals surface area (Å²) in [7, 11) is 0. The second kappa shape index (κ2) is 5.36. The van der Waals surface area contributed by atoms with E-state index in [9.17, 15) is 0 Å². The predicted octanol–water partition coefficient (Wildman–Crippen LogP) is 1.66. The predicted molar refractivity (Wildman–Crippen MR) is 65.0 cm³/mol. The Kier molecular flexibility index (Phi) is 3.62. The minimum atomic E-state index is 0.216. The molecule has 2 aromatic rings. The topological polar surface area (TPSA) is 73.9 Å². The Hall–Kier alpha value is -2.01. The molecule has 0 saturated heterocycles. The standard InChI is InChI=1S/C12H14N4O/c1-2-17-8-10-14-11(16-12(13)15-10)9-6-4-3-5-7-9/h3-7H,2,8H2,1H3,(H2,13,14,15,16). The summed E-state index contributed by atoms with van der Waals surface area (Å²) in [5.41, 5.74) is 6.57. The molecular formula is C12H14N4O. The van der Waals surface area contributed by atoms with Crippen LogP contribution in [-0.4, -0.2) is 21.6 Å². The van der Waals surface area contributed by atoms with Gasteiger partial charge in [-0.3, -0.25) is 0 Å². The molecule has 0 aliphatic heterocycles. The molecule has 0 fully saturated rings. The molecule has 0 aliphatic rings. The van der Waals surface area contributed by atoms with Gasteiger partial charge >= 0.3 is 0 Å². The van der Waals surface area contributed by atoms with Crippen LogP contribution in [0.3, 0.4) is 0 Å². The van der Waals surface area contributed by atoms with Gasteiger partial charge < -0.3 is 10.5 Å². The summed E-state index contributed by atoms with van der Waals surface area (Å²) in [6, 6.07) is 9.66. The minimum absolute atomic E-state index is 0.216. The van der Waals surface area contributed by atoms with Crippen molar-refractivity contribution in [2.24, 2.45) is 0 Å². The van der Waals surface area contributed by atoms with Crippen LogP contribution >= 0.6 is 0 Å². The number of aromatic nitrogens is 3. The lowest BCUT2D eigenvalue weighted by Gasteiger charge is -2.04. The second-order valence-electron chi connectivity index (χ2n) is 3.44. The molecule has 1 aromatic heterocycles. The average Bonchev–Trinajstić information content (AvgIpc) is 2.37. The number of hydrogen-bond acceptors (Lipinski definition) is 5. The van der Waals surface area contributed by atoms with Crippen molar-refractivity contribution in [1.82, 2.24) is 15.0 Å². The van der Waals surface area contributed by atoms with Crippen LogP contribution in [0.5, 0.6) is 0 Å². The first-order valence-corrected chi connectivity index (χ1v) is 5.43. The molecule has 0 bridgehead atoms. The van der Waals surface area contributed by atoms with Crippen LogP contribution in [-0.2, 0) is 11.3 Å². The fraction of sp³-hybridized carbons (Fsp3) is 0.250. The van der Waals surface area contributed by atoms with Gasteiger partial charge in [-0.1, -0.05) is 30.3 Å². The van der Waals surface area contributed by atoms with Gasteiger partial charge in [-0.05, 0) is 6.92 Å². The first-order chi connectivity index (χ1) is 8.29. The van der Waals surface area contributed by atoms with Gasteiger partial charge in [-0.15, -0.1) is 0 Å². The second-order valence-corrected chi connectivity index (χ2v) is 3.44. The Morgan fingerprint density at radius 2 is 1.88 bits per heavy atom. The molecule has 0 radical (unpaired) electrons. The van der Waals surface area contributed by atoms with Crippen LogP contribution in [0.1, 0.15) is 12.7 Å². The molecule has 88 valence electrons. The maximum absolute atomic E-state index is 5.65. The first kappa shape index (κ1) is 11.5. The molecule has 1 heterocycles. The highest BCUT2D eigenvalue weighted by Gasteiger charge is 2.06. The maximum Gasteiger partial charge on any atom is 0.223 e. The van der Waals surface area contributed by atoms with E-state index in [-0.39, 0.29) is 5.95 Å². The lowest BCUT2D eigenvalue weighted by molar-refractivity contribution is 0.128. The van der Waals surface area contributed by atoms with Crippen molar-refractivity contribution < 1.29 is 4.74 Å². The van der Waals surface area contributed by atoms with Gasteiger partial charge in [0.1, 0.15) is 6.61 Å². The summed E-state index contributed by atoms with van der Waals surface area (Å²) < 4.78 is 5.26. The minimum Gasteiger partial charge on any atom is -0.374 e. The molecule has 0 atom stereocenters. The van der Waals surface area contributed by atoms with E-state index in [1.54, 1.807) is 0 Å². The zero-order chi connectivity index (χ0) is 12.1. The monoisotopic (exact) mass is 230 g/mol. The third-order valence-electron chi connectivity index (χ3n) is 2.17. The zero-order valence-electron chi connectivity index (χ0n) is 9.63. The molecule has 0 unspecified atom stereocenters. The maximum atomic E-state index is 5.65. The number of anilines is 1. The lowest BCUT2D eigenvalue weighted by Crippen LogP contribution is -2.06. The normalized spacial score (nSPS) is 10.4. The van der Waals surface area contributed by atoms with Gasteiger partial charge in [-0.25, -0.2) is 4.98 Å². The van der Waals surface area contributed by atoms with Crippen LogP contribution < -0.4 is 5.73 Å². The number of nitrogen functional groups attached to an aromatic ring is 1. The number of rotatable bonds is 4. The summed E-state index contributed by atoms with van der Waals surface area (Å²) in [6.45, 7) is 2.89. The highest BCUT2D eigenvalue weighted by Crippen LogP contribution is 2.14. The highest BCUT2D eigenvalue weighted by atomic mass is 16.5. The summed E-state index contributed by atoms with van der Waals surface area (Å²) in [6.07, 6.45) is 0. The van der Waals surface area contributed by atoms with E-state index in [2.05, 4.69) is 15.0 Å². The number of benzene rings is 1. The van der Waals surface area contributed by atoms with Gasteiger partial charge in [0.05, 0.1) is 0 Å². The molecule has 0 saturated carbocycles. The van der Waals surface area contributed by atoms with Crippen molar-refractivity contribution in [1.29, 1.82) is 0 Å². The molecular weight excluding hydrogens is 216 g/mol. The highest BCUT2D eigenvalue weighted by molar-refractivity contribution is 5.55. The van der Waals surface area contributed by atoms with E-state index in [1.165, 1.54) is 0 Å². The Labute approximate surface area is 99.7 Å². The van der Waals surface area contributed by atoms with E-state index in [0.717, 1.165) is 5.56 Å². The van der Waals surface area contributed by atoms with Crippen molar-refractivity contribution in [3.63, 3.8) is 0 Å². The Bertz CT molecular complexity index is 487. The Balaban J connectivity index is 2.32. The van der Waals surface area contributed by atoms with Crippen molar-refractivity contribution in [2.45, 2.75) is 13.5 Å². The number of nitrogens with two attached hydrogens (primary N) is 1. The Morgan fingerprint density at radius 1 is 1.12 bits per heavy atom. The fourth-order valence-corrected chi connectivity index (χ4v) is 1.41. The van der Waals surface area contributed by atoms with Crippen LogP contribution in [0.4, 0.5) is 5.95 Å². The van der Waals surface area contributed by atoms with Crippen LogP contribution in [0.15, 0.2) is 30.3 Å². The SMILES string of the molecule is CCOCc1nc(N)nc(-c2ccccc2)n1. The molecule has 17 heavy (non-hydrogen) atoms. The summed E-state index contributed by atoms with van der Waals surface area (Å²) in [4.78, 5) is 12.5. The molecule has 2 rings (SSSR count). The van der Waals surface area contributed by atoms with Crippen molar-refractivity contribution in [2.75, 3.05) is 12.3 Å². The van der Waals surface area contributed by atoms with Gasteiger partial charge in [-0.2, -0.15) is 9.97 Å². The van der Waals surface area contributed by atoms with Crippen molar-refractivity contribution >= 4 is 5.95 Å². The van der Waals surface area contributed by atoms with Crippen LogP contribution in [0, 0.1) is 0 Å². The number of ether oxygens (including phenoxy) is 1. The van der Waals surface area contributed by atoms with Gasteiger partial charge in [0, 0.05) is 12.2 Å². The first-order valence-electron chi connectivity index (χ1n) is 5.43. The van der Waals surface area contributed by atoms with Crippen molar-refractivity contribution in [3.05, 3.63) is 36.2 Å². The quantitative estimate of drug-likeness (QED) is 0.864. The van der Waals surface area contributed by atoms with Crippen LogP contribution in [0.2, 0.25) is 0 Å². The smallest absolute Gasteiger partial charge is 0.223 e. The molecule has 5 nitrogen and oxygen atoms in total. The molecule has 0 amide bonds. The molecule has 1 aromatic carbocycles. The zero-order valence-corrected chi connectivity index (χ0v) is 9.63. The van der Waals surface area contributed by atoms with E-state index in [0.29, 0.717) is 24.9 Å². The van der Waals surface area contributed by atoms with E-state index in [1.807, 2.05) is 37.3 Å². The van der Waals surface area contributed by atoms with E-state index in [4.69, 9.17) is 10.5 Å². The molecule has 2 N–H and O–H groups in total. The van der Waals surface area contributed by atoms with Gasteiger partial charge in [0.25, 0.3) is 0 Å². The third-order valence-corrected chi connectivity index (χ3v) is 2.17. The largest absolute Gasteiger partial charge is 0.374 e. The van der Waals surface area contributed by atoms with E-state index >= 15 is 0 Å². The summed E-state index contributed by atoms with van der Waals surface area (Å²) in [5.74, 6) is 1.35. The van der Waals surface area contributed by atoms with Gasteiger partial charge in [0.2, 0.25) is 5.95 Å². The number of hydrogen-bond donors (Lipinski definition) is 1. The summed E-state index contributed by atoms with van der Waals surface area (Å²) >= 11 is 0. The Morgan fingerprint density at radius 3 is 2.59 bits per heavy atom. The number of nitrogens with zero attached hydrogens (tertiary/aromatic N) is 3. The van der Waals surface area contributed by atoms with Crippen LogP contribution in [0.25, 0.3) is 11.4 Å². The lowest BCUT2D eigenvalue weighted by atomic mass is 10.2. The fourth-order valence-electron chi connectivity index (χ4n) is 1.41. The molecule has 0 aliphatic carbocycles. The third kappa shape index (κ3) is 2.98.